The molecule has 6 nitrogen and oxygen atoms in total. The van der Waals surface area contributed by atoms with Crippen LogP contribution in [0, 0.1) is 5.92 Å². The quantitative estimate of drug-likeness (QED) is 0.690. The molecule has 8 heteroatoms. The van der Waals surface area contributed by atoms with E-state index in [0.29, 0.717) is 35.5 Å². The lowest BCUT2D eigenvalue weighted by Gasteiger charge is -2.33. The highest BCUT2D eigenvalue weighted by Crippen LogP contribution is 2.27. The molecule has 1 heterocycles. The third-order valence-corrected chi connectivity index (χ3v) is 7.09. The average Bonchev–Trinajstić information content (AvgIpc) is 2.72. The van der Waals surface area contributed by atoms with Crippen LogP contribution in [0.4, 0.5) is 5.69 Å². The topological polar surface area (TPSA) is 66.9 Å². The van der Waals surface area contributed by atoms with Crippen molar-refractivity contribution in [1.29, 1.82) is 0 Å². The molecule has 3 rings (SSSR count). The fourth-order valence-electron chi connectivity index (χ4n) is 3.44. The molecule has 0 radical (unpaired) electrons. The Balaban J connectivity index is 1.93. The molecule has 1 aliphatic heterocycles. The SMILES string of the molecule is COc1ccc(S(=O)(=O)N(CC(=O)N2CCC[C@H](C)C2)c2ccc(Cl)cc2)cc1. The molecule has 29 heavy (non-hydrogen) atoms. The molecule has 1 atom stereocenters. The van der Waals surface area contributed by atoms with Crippen molar-refractivity contribution in [1.82, 2.24) is 4.90 Å². The molecule has 2 aromatic rings. The van der Waals surface area contributed by atoms with Crippen molar-refractivity contribution in [3.8, 4) is 5.75 Å². The lowest BCUT2D eigenvalue weighted by Crippen LogP contribution is -2.46. The fourth-order valence-corrected chi connectivity index (χ4v) is 4.98. The van der Waals surface area contributed by atoms with Gasteiger partial charge in [0.2, 0.25) is 5.91 Å². The van der Waals surface area contributed by atoms with Gasteiger partial charge in [0, 0.05) is 18.1 Å². The number of nitrogens with zero attached hydrogens (tertiary/aromatic N) is 2. The second kappa shape index (κ2) is 9.05. The summed E-state index contributed by atoms with van der Waals surface area (Å²) in [5, 5.41) is 0.492. The Labute approximate surface area is 177 Å². The second-order valence-electron chi connectivity index (χ2n) is 7.25. The Hall–Kier alpha value is -2.25. The number of sulfonamides is 1. The van der Waals surface area contributed by atoms with Gasteiger partial charge in [-0.05, 0) is 67.3 Å². The molecule has 1 amide bonds. The Morgan fingerprint density at radius 1 is 1.17 bits per heavy atom. The van der Waals surface area contributed by atoms with Gasteiger partial charge in [-0.2, -0.15) is 0 Å². The molecular formula is C21H25ClN2O4S. The molecule has 0 aliphatic carbocycles. The predicted molar refractivity (Wildman–Crippen MR) is 114 cm³/mol. The fraction of sp³-hybridized carbons (Fsp3) is 0.381. The summed E-state index contributed by atoms with van der Waals surface area (Å²) in [4.78, 5) is 14.8. The van der Waals surface area contributed by atoms with E-state index < -0.39 is 10.0 Å². The Bertz CT molecular complexity index is 946. The van der Waals surface area contributed by atoms with Crippen molar-refractivity contribution >= 4 is 33.2 Å². The third kappa shape index (κ3) is 5.03. The van der Waals surface area contributed by atoms with Crippen molar-refractivity contribution in [3.05, 3.63) is 53.6 Å². The Kier molecular flexibility index (Phi) is 6.70. The number of anilines is 1. The molecule has 156 valence electrons. The lowest BCUT2D eigenvalue weighted by molar-refractivity contribution is -0.131. The van der Waals surface area contributed by atoms with Crippen LogP contribution in [0.15, 0.2) is 53.4 Å². The van der Waals surface area contributed by atoms with Gasteiger partial charge in [0.1, 0.15) is 12.3 Å². The highest BCUT2D eigenvalue weighted by molar-refractivity contribution is 7.92. The smallest absolute Gasteiger partial charge is 0.264 e. The van der Waals surface area contributed by atoms with Crippen molar-refractivity contribution in [2.45, 2.75) is 24.7 Å². The highest BCUT2D eigenvalue weighted by Gasteiger charge is 2.30. The van der Waals surface area contributed by atoms with E-state index in [9.17, 15) is 13.2 Å². The van der Waals surface area contributed by atoms with Crippen LogP contribution in [-0.4, -0.2) is 46.0 Å². The van der Waals surface area contributed by atoms with Gasteiger partial charge in [-0.3, -0.25) is 9.10 Å². The summed E-state index contributed by atoms with van der Waals surface area (Å²) in [7, 11) is -2.44. The summed E-state index contributed by atoms with van der Waals surface area (Å²) in [5.41, 5.74) is 0.392. The maximum absolute atomic E-state index is 13.4. The Morgan fingerprint density at radius 3 is 2.41 bits per heavy atom. The molecule has 0 saturated carbocycles. The van der Waals surface area contributed by atoms with Gasteiger partial charge < -0.3 is 9.64 Å². The number of hydrogen-bond donors (Lipinski definition) is 0. The highest BCUT2D eigenvalue weighted by atomic mass is 35.5. The van der Waals surface area contributed by atoms with Crippen molar-refractivity contribution < 1.29 is 17.9 Å². The summed E-state index contributed by atoms with van der Waals surface area (Å²) in [6.07, 6.45) is 2.01. The number of amides is 1. The zero-order valence-electron chi connectivity index (χ0n) is 16.5. The van der Waals surface area contributed by atoms with Crippen LogP contribution in [-0.2, 0) is 14.8 Å². The normalized spacial score (nSPS) is 17.1. The van der Waals surface area contributed by atoms with Crippen molar-refractivity contribution in [2.24, 2.45) is 5.92 Å². The molecule has 2 aromatic carbocycles. The van der Waals surface area contributed by atoms with Crippen LogP contribution >= 0.6 is 11.6 Å². The minimum Gasteiger partial charge on any atom is -0.497 e. The van der Waals surface area contributed by atoms with Crippen molar-refractivity contribution in [2.75, 3.05) is 31.0 Å². The average molecular weight is 437 g/mol. The monoisotopic (exact) mass is 436 g/mol. The van der Waals surface area contributed by atoms with Gasteiger partial charge in [0.05, 0.1) is 17.7 Å². The molecule has 1 fully saturated rings. The first-order valence-corrected chi connectivity index (χ1v) is 11.3. The number of piperidine rings is 1. The maximum Gasteiger partial charge on any atom is 0.264 e. The van der Waals surface area contributed by atoms with E-state index in [1.54, 1.807) is 41.3 Å². The van der Waals surface area contributed by atoms with Gasteiger partial charge in [0.25, 0.3) is 10.0 Å². The zero-order valence-corrected chi connectivity index (χ0v) is 18.1. The van der Waals surface area contributed by atoms with Gasteiger partial charge in [0.15, 0.2) is 0 Å². The van der Waals surface area contributed by atoms with E-state index in [1.165, 1.54) is 19.2 Å². The zero-order chi connectivity index (χ0) is 21.0. The number of rotatable bonds is 6. The number of methoxy groups -OCH3 is 1. The maximum atomic E-state index is 13.4. The largest absolute Gasteiger partial charge is 0.497 e. The van der Waals surface area contributed by atoms with Crippen molar-refractivity contribution in [3.63, 3.8) is 0 Å². The van der Waals surface area contributed by atoms with Crippen LogP contribution in [0.1, 0.15) is 19.8 Å². The minimum absolute atomic E-state index is 0.0908. The molecule has 1 aliphatic rings. The van der Waals surface area contributed by atoms with Crippen LogP contribution in [0.25, 0.3) is 0 Å². The lowest BCUT2D eigenvalue weighted by atomic mass is 10.0. The van der Waals surface area contributed by atoms with Gasteiger partial charge in [-0.15, -0.1) is 0 Å². The van der Waals surface area contributed by atoms with Crippen LogP contribution in [0.3, 0.4) is 0 Å². The molecule has 0 N–H and O–H groups in total. The molecule has 1 saturated heterocycles. The first-order chi connectivity index (χ1) is 13.8. The summed E-state index contributed by atoms with van der Waals surface area (Å²) in [6.45, 7) is 3.14. The van der Waals surface area contributed by atoms with Crippen LogP contribution < -0.4 is 9.04 Å². The van der Waals surface area contributed by atoms with Gasteiger partial charge in [-0.25, -0.2) is 8.42 Å². The van der Waals surface area contributed by atoms with E-state index in [1.807, 2.05) is 0 Å². The summed E-state index contributed by atoms with van der Waals surface area (Å²) in [6, 6.07) is 12.6. The third-order valence-electron chi connectivity index (χ3n) is 5.05. The molecule has 0 aromatic heterocycles. The number of likely N-dealkylation sites (tertiary alicyclic amines) is 1. The number of benzene rings is 2. The summed E-state index contributed by atoms with van der Waals surface area (Å²) < 4.78 is 33.0. The number of hydrogen-bond acceptors (Lipinski definition) is 4. The number of carbonyl (C=O) groups excluding carboxylic acids is 1. The Morgan fingerprint density at radius 2 is 1.83 bits per heavy atom. The number of ether oxygens (including phenoxy) is 1. The van der Waals surface area contributed by atoms with E-state index in [0.717, 1.165) is 17.1 Å². The van der Waals surface area contributed by atoms with E-state index >= 15 is 0 Å². The number of carbonyl (C=O) groups is 1. The van der Waals surface area contributed by atoms with Gasteiger partial charge >= 0.3 is 0 Å². The number of halogens is 1. The van der Waals surface area contributed by atoms with E-state index in [-0.39, 0.29) is 17.3 Å². The first kappa shape index (κ1) is 21.5. The predicted octanol–water partition coefficient (Wildman–Crippen LogP) is 3.80. The van der Waals surface area contributed by atoms with E-state index in [2.05, 4.69) is 6.92 Å². The summed E-state index contributed by atoms with van der Waals surface area (Å²) >= 11 is 5.97. The second-order valence-corrected chi connectivity index (χ2v) is 9.55. The van der Waals surface area contributed by atoms with Crippen LogP contribution in [0.2, 0.25) is 5.02 Å². The molecular weight excluding hydrogens is 412 g/mol. The summed E-state index contributed by atoms with van der Waals surface area (Å²) in [5.74, 6) is 0.763. The van der Waals surface area contributed by atoms with Crippen LogP contribution in [0.5, 0.6) is 5.75 Å². The molecule has 0 spiro atoms. The van der Waals surface area contributed by atoms with Gasteiger partial charge in [-0.1, -0.05) is 18.5 Å². The molecule has 0 bridgehead atoms. The molecule has 0 unspecified atom stereocenters. The minimum atomic E-state index is -3.95. The standard InChI is InChI=1S/C21H25ClN2O4S/c1-16-4-3-13-23(14-16)21(25)15-24(18-7-5-17(22)6-8-18)29(26,27)20-11-9-19(28-2)10-12-20/h5-12,16H,3-4,13-15H2,1-2H3/t16-/m0/s1. The first-order valence-electron chi connectivity index (χ1n) is 9.51. The van der Waals surface area contributed by atoms with E-state index in [4.69, 9.17) is 16.3 Å².